The molecule has 0 fully saturated rings. The summed E-state index contributed by atoms with van der Waals surface area (Å²) in [5.41, 5.74) is 6.39. The molecule has 2 heterocycles. The number of fused-ring (bicyclic) bond motifs is 4. The minimum atomic E-state index is -1.82. The molecule has 2 aromatic heterocycles. The van der Waals surface area contributed by atoms with Gasteiger partial charge in [-0.1, -0.05) is 76.0 Å². The van der Waals surface area contributed by atoms with Crippen LogP contribution in [-0.4, -0.2) is 8.07 Å². The van der Waals surface area contributed by atoms with Crippen molar-refractivity contribution in [2.45, 2.75) is 53.2 Å². The van der Waals surface area contributed by atoms with Crippen LogP contribution in [0, 0.1) is 12.3 Å². The summed E-state index contributed by atoms with van der Waals surface area (Å²) in [7, 11) is 0.288. The van der Waals surface area contributed by atoms with E-state index in [0.717, 1.165) is 44.3 Å². The predicted octanol–water partition coefficient (Wildman–Crippen LogP) is 7.72. The van der Waals surface area contributed by atoms with Crippen LogP contribution < -0.4 is 9.75 Å². The highest BCUT2D eigenvalue weighted by molar-refractivity contribution is 6.90. The van der Waals surface area contributed by atoms with Crippen LogP contribution in [-0.2, 0) is 19.8 Å². The first-order valence-corrected chi connectivity index (χ1v) is 16.2. The second kappa shape index (κ2) is 7.91. The van der Waals surface area contributed by atoms with Crippen molar-refractivity contribution in [1.29, 1.82) is 0 Å². The third-order valence-electron chi connectivity index (χ3n) is 7.31. The molecule has 2 nitrogen and oxygen atoms in total. The number of benzene rings is 3. The lowest BCUT2D eigenvalue weighted by Crippen LogP contribution is -2.38. The van der Waals surface area contributed by atoms with E-state index in [2.05, 4.69) is 68.6 Å². The van der Waals surface area contributed by atoms with Crippen molar-refractivity contribution in [3.63, 3.8) is 0 Å². The second-order valence-corrected chi connectivity index (χ2v) is 16.7. The van der Waals surface area contributed by atoms with Gasteiger partial charge >= 0.3 is 0 Å². The Hall–Kier alpha value is -3.17. The van der Waals surface area contributed by atoms with E-state index in [1.807, 2.05) is 30.3 Å². The van der Waals surface area contributed by atoms with E-state index >= 15 is 0 Å². The molecule has 182 valence electrons. The Morgan fingerprint density at radius 1 is 0.917 bits per heavy atom. The lowest BCUT2D eigenvalue weighted by Gasteiger charge is -2.20. The van der Waals surface area contributed by atoms with E-state index in [1.54, 1.807) is 19.9 Å². The first-order valence-electron chi connectivity index (χ1n) is 14.7. The molecule has 0 aliphatic heterocycles. The fraction of sp³-hybridized carbons (Fsp3) is 0.303. The first-order chi connectivity index (χ1) is 18.6. The molecular weight excluding hydrogens is 454 g/mol. The molecule has 0 radical (unpaired) electrons. The number of nitrogens with zero attached hydrogens (tertiary/aromatic N) is 1. The van der Waals surface area contributed by atoms with Gasteiger partial charge in [-0.25, -0.2) is 4.57 Å². The van der Waals surface area contributed by atoms with Crippen LogP contribution in [0.5, 0.6) is 0 Å². The average Bonchev–Trinajstić information content (AvgIpc) is 3.30. The fourth-order valence-electron chi connectivity index (χ4n) is 5.65. The van der Waals surface area contributed by atoms with E-state index in [-0.39, 0.29) is 0 Å². The van der Waals surface area contributed by atoms with Gasteiger partial charge < -0.3 is 4.42 Å². The summed E-state index contributed by atoms with van der Waals surface area (Å²) in [6, 6.07) is 20.3. The summed E-state index contributed by atoms with van der Waals surface area (Å²) < 4.78 is 44.3. The predicted molar refractivity (Wildman–Crippen MR) is 155 cm³/mol. The zero-order valence-electron chi connectivity index (χ0n) is 26.2. The molecule has 0 unspecified atom stereocenters. The molecule has 5 aromatic rings. The third-order valence-corrected chi connectivity index (χ3v) is 9.32. The molecule has 0 bridgehead atoms. The molecule has 1 aliphatic rings. The van der Waals surface area contributed by atoms with Crippen LogP contribution in [0.25, 0.3) is 44.3 Å². The number of rotatable bonds is 3. The third kappa shape index (κ3) is 3.64. The van der Waals surface area contributed by atoms with Gasteiger partial charge in [0.25, 0.3) is 0 Å². The number of hydrogen-bond acceptors (Lipinski definition) is 1. The summed E-state index contributed by atoms with van der Waals surface area (Å²) >= 11 is 0. The average molecular weight is 495 g/mol. The first kappa shape index (κ1) is 19.0. The van der Waals surface area contributed by atoms with Gasteiger partial charge in [0.1, 0.15) is 18.2 Å². The summed E-state index contributed by atoms with van der Waals surface area (Å²) in [6.45, 7) is 12.6. The Kier molecular flexibility index (Phi) is 4.18. The van der Waals surface area contributed by atoms with Crippen molar-refractivity contribution < 1.29 is 14.5 Å². The molecule has 1 aliphatic carbocycles. The van der Waals surface area contributed by atoms with Crippen molar-refractivity contribution >= 4 is 35.2 Å². The van der Waals surface area contributed by atoms with Crippen LogP contribution in [0.3, 0.4) is 0 Å². The van der Waals surface area contributed by atoms with E-state index in [9.17, 15) is 0 Å². The van der Waals surface area contributed by atoms with Crippen molar-refractivity contribution in [2.75, 3.05) is 0 Å². The van der Waals surface area contributed by atoms with Gasteiger partial charge in [-0.15, -0.1) is 0 Å². The molecule has 3 heteroatoms. The molecule has 0 atom stereocenters. The maximum absolute atomic E-state index is 8.91. The monoisotopic (exact) mass is 494 g/mol. The molecule has 0 saturated heterocycles. The van der Waals surface area contributed by atoms with Crippen molar-refractivity contribution in [3.05, 3.63) is 83.6 Å². The zero-order chi connectivity index (χ0) is 29.0. The summed E-state index contributed by atoms with van der Waals surface area (Å²) in [6.07, 6.45) is -1.54. The van der Waals surface area contributed by atoms with Crippen LogP contribution in [0.1, 0.15) is 36.0 Å². The highest BCUT2D eigenvalue weighted by Crippen LogP contribution is 2.42. The lowest BCUT2D eigenvalue weighted by atomic mass is 9.90. The Labute approximate surface area is 221 Å². The van der Waals surface area contributed by atoms with Crippen molar-refractivity contribution in [1.82, 2.24) is 0 Å². The van der Waals surface area contributed by atoms with Gasteiger partial charge in [0.15, 0.2) is 6.20 Å². The Morgan fingerprint density at radius 2 is 1.69 bits per heavy atom. The van der Waals surface area contributed by atoms with Crippen molar-refractivity contribution in [3.8, 4) is 22.4 Å². The van der Waals surface area contributed by atoms with Gasteiger partial charge in [-0.2, -0.15) is 0 Å². The normalized spacial score (nSPS) is 19.5. The topological polar surface area (TPSA) is 17.0 Å². The van der Waals surface area contributed by atoms with E-state index in [4.69, 9.17) is 9.90 Å². The van der Waals surface area contributed by atoms with Crippen molar-refractivity contribution in [2.24, 2.45) is 12.5 Å². The van der Waals surface area contributed by atoms with E-state index in [0.29, 0.717) is 11.1 Å². The van der Waals surface area contributed by atoms with Gasteiger partial charge in [0, 0.05) is 34.0 Å². The number of para-hydroxylation sites is 1. The largest absolute Gasteiger partial charge is 0.455 e. The number of aryl methyl sites for hydroxylation is 2. The maximum Gasteiger partial charge on any atom is 0.216 e. The Bertz CT molecular complexity index is 1850. The fourth-order valence-corrected chi connectivity index (χ4v) is 7.30. The van der Waals surface area contributed by atoms with Crippen LogP contribution in [0.2, 0.25) is 19.6 Å². The molecule has 0 saturated carbocycles. The minimum Gasteiger partial charge on any atom is -0.455 e. The molecule has 0 spiro atoms. The van der Waals surface area contributed by atoms with E-state index in [1.165, 1.54) is 10.8 Å². The molecule has 3 aromatic carbocycles. The summed E-state index contributed by atoms with van der Waals surface area (Å²) in [5.74, 6) is 0. The molecule has 0 amide bonds. The van der Waals surface area contributed by atoms with E-state index < -0.39 is 26.2 Å². The van der Waals surface area contributed by atoms with Gasteiger partial charge in [-0.3, -0.25) is 0 Å². The van der Waals surface area contributed by atoms with Crippen LogP contribution in [0.15, 0.2) is 71.3 Å². The Morgan fingerprint density at radius 3 is 2.44 bits per heavy atom. The summed E-state index contributed by atoms with van der Waals surface area (Å²) in [4.78, 5) is 0. The molecule has 6 rings (SSSR count). The van der Waals surface area contributed by atoms with Gasteiger partial charge in [0.05, 0.1) is 13.6 Å². The quantitative estimate of drug-likeness (QED) is 0.185. The summed E-state index contributed by atoms with van der Waals surface area (Å²) in [5, 5.41) is 3.58. The zero-order valence-corrected chi connectivity index (χ0v) is 23.2. The number of hydrogen-bond donors (Lipinski definition) is 0. The highest BCUT2D eigenvalue weighted by Gasteiger charge is 2.30. The maximum atomic E-state index is 8.91. The molecular formula is C33H36NOSi+. The minimum absolute atomic E-state index is 0.420. The van der Waals surface area contributed by atoms with Crippen LogP contribution >= 0.6 is 0 Å². The SMILES string of the molecule is [2H]C1([2H])c2ccc(-c3cccc4c3oc3c(-c5cccc[n+]5C)c(C)cc([Si](C)(C)C)c34)cc2C([2H])([2H])C1(C)C. The molecule has 0 N–H and O–H groups in total. The van der Waals surface area contributed by atoms with Crippen LogP contribution in [0.4, 0.5) is 0 Å². The van der Waals surface area contributed by atoms with Gasteiger partial charge in [0.2, 0.25) is 5.69 Å². The lowest BCUT2D eigenvalue weighted by molar-refractivity contribution is -0.660. The number of aromatic nitrogens is 1. The number of pyridine rings is 1. The Balaban J connectivity index is 1.69. The number of furan rings is 1. The standard InChI is InChI=1S/C33H36NOSi/c1-21-17-28(36(5,6)7)30-26-12-10-11-25(22-14-15-23-19-33(2,3)20-24(23)18-22)31(26)35-32(30)29(21)27-13-8-9-16-34(27)4/h8-18H,19-20H2,1-7H3/q+1/i19D2,20D2. The smallest absolute Gasteiger partial charge is 0.216 e. The molecule has 36 heavy (non-hydrogen) atoms. The van der Waals surface area contributed by atoms with Gasteiger partial charge in [-0.05, 0) is 58.6 Å². The highest BCUT2D eigenvalue weighted by atomic mass is 28.3. The second-order valence-electron chi connectivity index (χ2n) is 11.7.